The van der Waals surface area contributed by atoms with Gasteiger partial charge < -0.3 is 20.3 Å². The molecule has 10 heteroatoms. The highest BCUT2D eigenvalue weighted by atomic mass is 32.2. The van der Waals surface area contributed by atoms with E-state index in [1.807, 2.05) is 0 Å². The van der Waals surface area contributed by atoms with Crippen LogP contribution in [0.3, 0.4) is 0 Å². The summed E-state index contributed by atoms with van der Waals surface area (Å²) in [6.07, 6.45) is 0. The number of methoxy groups -OCH3 is 1. The Balaban J connectivity index is 2.00. The Labute approximate surface area is 195 Å². The topological polar surface area (TPSA) is 133 Å². The molecule has 0 saturated heterocycles. The number of sulfone groups is 1. The first-order valence-corrected chi connectivity index (χ1v) is 11.4. The van der Waals surface area contributed by atoms with Crippen molar-refractivity contribution in [3.05, 3.63) is 77.1 Å². The molecule has 1 atom stereocenters. The van der Waals surface area contributed by atoms with Crippen molar-refractivity contribution in [2.24, 2.45) is 5.73 Å². The van der Waals surface area contributed by atoms with Gasteiger partial charge in [0.15, 0.2) is 5.92 Å². The van der Waals surface area contributed by atoms with E-state index >= 15 is 0 Å². The first-order chi connectivity index (χ1) is 15.9. The first kappa shape index (κ1) is 24.7. The zero-order valence-corrected chi connectivity index (χ0v) is 19.4. The third-order valence-electron chi connectivity index (χ3n) is 5.10. The predicted octanol–water partition coefficient (Wildman–Crippen LogP) is 3.52. The van der Waals surface area contributed by atoms with Crippen molar-refractivity contribution in [3.8, 4) is 17.2 Å². The van der Waals surface area contributed by atoms with Gasteiger partial charge in [-0.1, -0.05) is 12.1 Å². The maximum absolute atomic E-state index is 13.2. The van der Waals surface area contributed by atoms with Crippen LogP contribution in [0.5, 0.6) is 17.2 Å². The average molecular weight is 488 g/mol. The summed E-state index contributed by atoms with van der Waals surface area (Å²) in [5.41, 5.74) is 6.77. The van der Waals surface area contributed by atoms with Crippen LogP contribution in [0.15, 0.2) is 64.4 Å². The smallest absolute Gasteiger partial charge is 0.322 e. The number of amides is 1. The quantitative estimate of drug-likeness (QED) is 0.296. The summed E-state index contributed by atoms with van der Waals surface area (Å²) in [5, 5.41) is 10.2. The molecule has 0 aliphatic heterocycles. The van der Waals surface area contributed by atoms with Gasteiger partial charge in [-0.25, -0.2) is 12.8 Å². The van der Waals surface area contributed by atoms with E-state index in [-0.39, 0.29) is 10.6 Å². The number of phenolic OH excluding ortho intramolecular Hbond substituents is 1. The first-order valence-electron chi connectivity index (χ1n) is 9.95. The fourth-order valence-corrected chi connectivity index (χ4v) is 4.84. The second kappa shape index (κ2) is 9.52. The highest BCUT2D eigenvalue weighted by Crippen LogP contribution is 2.36. The molecule has 0 aromatic heterocycles. The summed E-state index contributed by atoms with van der Waals surface area (Å²) >= 11 is 0. The van der Waals surface area contributed by atoms with Crippen LogP contribution in [0.25, 0.3) is 0 Å². The molecule has 3 aromatic carbocycles. The largest absolute Gasteiger partial charge is 0.507 e. The maximum Gasteiger partial charge on any atom is 0.322 e. The molecule has 178 valence electrons. The number of carbonyl (C=O) groups is 2. The van der Waals surface area contributed by atoms with Crippen LogP contribution in [-0.4, -0.2) is 32.5 Å². The summed E-state index contributed by atoms with van der Waals surface area (Å²) in [7, 11) is -3.01. The number of halogens is 1. The number of phenols is 1. The lowest BCUT2D eigenvalue weighted by atomic mass is 9.94. The lowest BCUT2D eigenvalue weighted by molar-refractivity contribution is -0.145. The standard InChI is InChI=1S/C24H22FNO7S/c1-13-10-15(21(23(26)28)24(29)32-3)11-14(2)22(13)33-17-6-9-19(27)20(12-17)34(30,31)18-7-4-16(25)5-8-18/h4-12,21,27H,1-3H3,(H2,26,28). The lowest BCUT2D eigenvalue weighted by Gasteiger charge is -2.17. The molecule has 0 spiro atoms. The number of benzene rings is 3. The Morgan fingerprint density at radius 2 is 1.59 bits per heavy atom. The molecule has 3 N–H and O–H groups in total. The molecule has 34 heavy (non-hydrogen) atoms. The van der Waals surface area contributed by atoms with E-state index in [0.717, 1.165) is 37.4 Å². The highest BCUT2D eigenvalue weighted by molar-refractivity contribution is 7.91. The molecule has 0 bridgehead atoms. The minimum atomic E-state index is -4.16. The molecule has 3 rings (SSSR count). The van der Waals surface area contributed by atoms with Crippen LogP contribution >= 0.6 is 0 Å². The van der Waals surface area contributed by atoms with E-state index in [9.17, 15) is 27.5 Å². The molecular formula is C24H22FNO7S. The van der Waals surface area contributed by atoms with Crippen molar-refractivity contribution in [1.29, 1.82) is 0 Å². The molecule has 0 fully saturated rings. The SMILES string of the molecule is COC(=O)C(C(N)=O)c1cc(C)c(Oc2ccc(O)c(S(=O)(=O)c3ccc(F)cc3)c2)c(C)c1. The average Bonchev–Trinajstić information content (AvgIpc) is 2.77. The summed E-state index contributed by atoms with van der Waals surface area (Å²) in [6.45, 7) is 3.36. The zero-order chi connectivity index (χ0) is 25.2. The van der Waals surface area contributed by atoms with E-state index in [1.165, 1.54) is 12.1 Å². The summed E-state index contributed by atoms with van der Waals surface area (Å²) in [6, 6.07) is 11.0. The van der Waals surface area contributed by atoms with Crippen molar-refractivity contribution in [2.45, 2.75) is 29.6 Å². The normalized spacial score (nSPS) is 12.1. The van der Waals surface area contributed by atoms with Gasteiger partial charge in [-0.3, -0.25) is 9.59 Å². The number of carbonyl (C=O) groups excluding carboxylic acids is 2. The number of rotatable bonds is 7. The van der Waals surface area contributed by atoms with Gasteiger partial charge in [0.1, 0.15) is 28.0 Å². The summed E-state index contributed by atoms with van der Waals surface area (Å²) in [5.74, 6) is -3.59. The molecule has 0 saturated carbocycles. The zero-order valence-electron chi connectivity index (χ0n) is 18.5. The fraction of sp³-hybridized carbons (Fsp3) is 0.167. The number of hydrogen-bond donors (Lipinski definition) is 2. The van der Waals surface area contributed by atoms with E-state index in [1.54, 1.807) is 26.0 Å². The molecule has 1 amide bonds. The van der Waals surface area contributed by atoms with E-state index in [0.29, 0.717) is 22.4 Å². The van der Waals surface area contributed by atoms with Gasteiger partial charge in [-0.05, 0) is 66.9 Å². The Bertz CT molecular complexity index is 1350. The van der Waals surface area contributed by atoms with Gasteiger partial charge in [0.2, 0.25) is 15.7 Å². The molecule has 3 aromatic rings. The Morgan fingerprint density at radius 1 is 1.00 bits per heavy atom. The van der Waals surface area contributed by atoms with Crippen LogP contribution in [-0.2, 0) is 24.2 Å². The van der Waals surface area contributed by atoms with Crippen LogP contribution in [0.1, 0.15) is 22.6 Å². The van der Waals surface area contributed by atoms with Crippen LogP contribution < -0.4 is 10.5 Å². The van der Waals surface area contributed by atoms with Crippen molar-refractivity contribution >= 4 is 21.7 Å². The minimum Gasteiger partial charge on any atom is -0.507 e. The predicted molar refractivity (Wildman–Crippen MR) is 120 cm³/mol. The Kier molecular flexibility index (Phi) is 6.92. The van der Waals surface area contributed by atoms with Gasteiger partial charge in [0.05, 0.1) is 12.0 Å². The van der Waals surface area contributed by atoms with Gasteiger partial charge >= 0.3 is 5.97 Å². The van der Waals surface area contributed by atoms with Crippen LogP contribution in [0.4, 0.5) is 4.39 Å². The van der Waals surface area contributed by atoms with Crippen LogP contribution in [0, 0.1) is 19.7 Å². The number of ether oxygens (including phenoxy) is 2. The van der Waals surface area contributed by atoms with Gasteiger partial charge in [0.25, 0.3) is 0 Å². The van der Waals surface area contributed by atoms with E-state index < -0.39 is 44.1 Å². The highest BCUT2D eigenvalue weighted by Gasteiger charge is 2.29. The Hall–Kier alpha value is -3.92. The van der Waals surface area contributed by atoms with E-state index in [4.69, 9.17) is 10.5 Å². The molecule has 0 heterocycles. The van der Waals surface area contributed by atoms with Crippen LogP contribution in [0.2, 0.25) is 0 Å². The van der Waals surface area contributed by atoms with Crippen molar-refractivity contribution in [2.75, 3.05) is 7.11 Å². The Morgan fingerprint density at radius 3 is 2.12 bits per heavy atom. The van der Waals surface area contributed by atoms with Crippen molar-refractivity contribution in [3.63, 3.8) is 0 Å². The number of hydrogen-bond acceptors (Lipinski definition) is 7. The molecule has 0 radical (unpaired) electrons. The van der Waals surface area contributed by atoms with Gasteiger partial charge in [0, 0.05) is 6.07 Å². The summed E-state index contributed by atoms with van der Waals surface area (Å²) < 4.78 is 49.7. The number of aromatic hydroxyl groups is 1. The lowest BCUT2D eigenvalue weighted by Crippen LogP contribution is -2.29. The molecular weight excluding hydrogens is 465 g/mol. The number of esters is 1. The maximum atomic E-state index is 13.2. The van der Waals surface area contributed by atoms with Gasteiger partial charge in [-0.15, -0.1) is 0 Å². The summed E-state index contributed by atoms with van der Waals surface area (Å²) in [4.78, 5) is 23.2. The van der Waals surface area contributed by atoms with Gasteiger partial charge in [-0.2, -0.15) is 0 Å². The molecule has 8 nitrogen and oxygen atoms in total. The number of primary amides is 1. The second-order valence-corrected chi connectivity index (χ2v) is 9.45. The molecule has 0 aliphatic carbocycles. The van der Waals surface area contributed by atoms with Crippen molar-refractivity contribution in [1.82, 2.24) is 0 Å². The third kappa shape index (κ3) is 4.86. The second-order valence-electron chi connectivity index (χ2n) is 7.53. The fourth-order valence-electron chi connectivity index (χ4n) is 3.48. The third-order valence-corrected chi connectivity index (χ3v) is 6.90. The molecule has 1 unspecified atom stereocenters. The number of nitrogens with two attached hydrogens (primary N) is 1. The minimum absolute atomic E-state index is 0.108. The monoisotopic (exact) mass is 487 g/mol. The number of aryl methyl sites for hydroxylation is 2. The van der Waals surface area contributed by atoms with E-state index in [2.05, 4.69) is 4.74 Å². The van der Waals surface area contributed by atoms with Crippen molar-refractivity contribution < 1.29 is 37.0 Å². The molecule has 0 aliphatic rings.